The summed E-state index contributed by atoms with van der Waals surface area (Å²) in [7, 11) is -3.46. The molecule has 0 saturated heterocycles. The molecule has 0 unspecified atom stereocenters. The Morgan fingerprint density at radius 3 is 1.75 bits per heavy atom. The predicted molar refractivity (Wildman–Crippen MR) is 98.5 cm³/mol. The highest BCUT2D eigenvalue weighted by molar-refractivity contribution is 7.55. The molecule has 0 radical (unpaired) electrons. The third kappa shape index (κ3) is 9.80. The molecule has 24 heavy (non-hydrogen) atoms. The molecular formula is C18H37O5P. The second-order valence-electron chi connectivity index (χ2n) is 5.91. The van der Waals surface area contributed by atoms with E-state index in [1.807, 2.05) is 0 Å². The van der Waals surface area contributed by atoms with Crippen molar-refractivity contribution in [3.8, 4) is 0 Å². The van der Waals surface area contributed by atoms with Crippen LogP contribution in [0.4, 0.5) is 0 Å². The lowest BCUT2D eigenvalue weighted by Gasteiger charge is -2.24. The molecule has 0 aromatic carbocycles. The van der Waals surface area contributed by atoms with Crippen molar-refractivity contribution in [1.29, 1.82) is 0 Å². The summed E-state index contributed by atoms with van der Waals surface area (Å²) >= 11 is 0. The first-order valence-electron chi connectivity index (χ1n) is 9.61. The first-order chi connectivity index (χ1) is 11.6. The van der Waals surface area contributed by atoms with Crippen molar-refractivity contribution < 1.29 is 23.1 Å². The number of hydrogen-bond donors (Lipinski definition) is 0. The van der Waals surface area contributed by atoms with E-state index in [4.69, 9.17) is 13.8 Å². The molecule has 0 amide bonds. The number of unbranched alkanes of at least 4 members (excludes halogenated alkanes) is 7. The van der Waals surface area contributed by atoms with Gasteiger partial charge in [-0.2, -0.15) is 0 Å². The van der Waals surface area contributed by atoms with Gasteiger partial charge >= 0.3 is 13.6 Å². The molecule has 1 atom stereocenters. The molecule has 0 aliphatic carbocycles. The first kappa shape index (κ1) is 23.6. The fourth-order valence-corrected chi connectivity index (χ4v) is 4.68. The smallest absolute Gasteiger partial charge is 0.344 e. The number of carbonyl (C=O) groups is 1. The summed E-state index contributed by atoms with van der Waals surface area (Å²) in [5, 5.41) is 0. The second kappa shape index (κ2) is 14.9. The van der Waals surface area contributed by atoms with Crippen LogP contribution in [0.5, 0.6) is 0 Å². The van der Waals surface area contributed by atoms with Crippen LogP contribution in [-0.4, -0.2) is 31.4 Å². The zero-order valence-electron chi connectivity index (χ0n) is 16.1. The Labute approximate surface area is 148 Å². The van der Waals surface area contributed by atoms with Crippen molar-refractivity contribution >= 4 is 13.6 Å². The Hall–Kier alpha value is -0.380. The molecule has 0 rings (SSSR count). The zero-order valence-corrected chi connectivity index (χ0v) is 16.9. The first-order valence-corrected chi connectivity index (χ1v) is 11.2. The Morgan fingerprint density at radius 1 is 0.792 bits per heavy atom. The number of esters is 1. The zero-order chi connectivity index (χ0) is 18.3. The maximum Gasteiger partial charge on any atom is 0.344 e. The average Bonchev–Trinajstić information content (AvgIpc) is 2.54. The summed E-state index contributed by atoms with van der Waals surface area (Å²) in [6.07, 6.45) is 9.85. The second-order valence-corrected chi connectivity index (χ2v) is 8.13. The summed E-state index contributed by atoms with van der Waals surface area (Å²) in [6, 6.07) is 0. The highest BCUT2D eigenvalue weighted by Gasteiger charge is 2.41. The van der Waals surface area contributed by atoms with Gasteiger partial charge in [0, 0.05) is 0 Å². The van der Waals surface area contributed by atoms with E-state index in [0.717, 1.165) is 19.3 Å². The van der Waals surface area contributed by atoms with Crippen molar-refractivity contribution in [3.63, 3.8) is 0 Å². The van der Waals surface area contributed by atoms with Gasteiger partial charge < -0.3 is 13.8 Å². The molecular weight excluding hydrogens is 327 g/mol. The topological polar surface area (TPSA) is 61.8 Å². The van der Waals surface area contributed by atoms with Crippen LogP contribution in [0.1, 0.15) is 85.5 Å². The van der Waals surface area contributed by atoms with Crippen molar-refractivity contribution in [3.05, 3.63) is 0 Å². The minimum atomic E-state index is -3.46. The van der Waals surface area contributed by atoms with Gasteiger partial charge in [-0.1, -0.05) is 58.3 Å². The largest absolute Gasteiger partial charge is 0.465 e. The molecule has 6 heteroatoms. The standard InChI is InChI=1S/C18H37O5P/c1-5-9-10-11-12-13-14-15-16-17(18(19)21-6-2)24(20,22-7-3)23-8-4/h17H,5-16H2,1-4H3/t17-/m1/s1. The third-order valence-electron chi connectivity index (χ3n) is 3.89. The maximum atomic E-state index is 12.9. The summed E-state index contributed by atoms with van der Waals surface area (Å²) in [5.41, 5.74) is -0.808. The van der Waals surface area contributed by atoms with E-state index in [-0.39, 0.29) is 19.8 Å². The number of hydrogen-bond acceptors (Lipinski definition) is 5. The number of carbonyl (C=O) groups excluding carboxylic acids is 1. The van der Waals surface area contributed by atoms with Gasteiger partial charge in [0.2, 0.25) is 0 Å². The van der Waals surface area contributed by atoms with Gasteiger partial charge in [-0.15, -0.1) is 0 Å². The highest BCUT2D eigenvalue weighted by Crippen LogP contribution is 2.55. The number of rotatable bonds is 16. The minimum absolute atomic E-state index is 0.255. The van der Waals surface area contributed by atoms with Crippen LogP contribution in [0.15, 0.2) is 0 Å². The monoisotopic (exact) mass is 364 g/mol. The molecule has 0 spiro atoms. The van der Waals surface area contributed by atoms with Gasteiger partial charge in [0.05, 0.1) is 19.8 Å². The van der Waals surface area contributed by atoms with Gasteiger partial charge in [-0.25, -0.2) is 0 Å². The van der Waals surface area contributed by atoms with Gasteiger partial charge in [-0.05, 0) is 27.2 Å². The third-order valence-corrected chi connectivity index (χ3v) is 6.36. The predicted octanol–water partition coefficient (Wildman–Crippen LogP) is 5.72. The maximum absolute atomic E-state index is 12.9. The molecule has 0 saturated carbocycles. The van der Waals surface area contributed by atoms with Crippen LogP contribution in [-0.2, 0) is 23.1 Å². The van der Waals surface area contributed by atoms with Crippen LogP contribution in [0.2, 0.25) is 0 Å². The van der Waals surface area contributed by atoms with Crippen molar-refractivity contribution in [2.24, 2.45) is 0 Å². The molecule has 0 aliphatic heterocycles. The van der Waals surface area contributed by atoms with E-state index >= 15 is 0 Å². The SMILES string of the molecule is CCCCCCCCCC[C@H](C(=O)OCC)P(=O)(OCC)OCC. The van der Waals surface area contributed by atoms with Crippen LogP contribution in [0, 0.1) is 0 Å². The Bertz CT molecular complexity index is 349. The molecule has 0 fully saturated rings. The highest BCUT2D eigenvalue weighted by atomic mass is 31.2. The molecule has 0 heterocycles. The van der Waals surface area contributed by atoms with E-state index in [2.05, 4.69) is 6.92 Å². The average molecular weight is 364 g/mol. The van der Waals surface area contributed by atoms with Crippen molar-refractivity contribution in [2.45, 2.75) is 91.1 Å². The molecule has 0 aliphatic rings. The Kier molecular flexibility index (Phi) is 14.7. The van der Waals surface area contributed by atoms with E-state index in [1.165, 1.54) is 32.1 Å². The summed E-state index contributed by atoms with van der Waals surface area (Å²) in [6.45, 7) is 8.25. The normalized spacial score (nSPS) is 13.0. The lowest BCUT2D eigenvalue weighted by atomic mass is 10.1. The number of ether oxygens (including phenoxy) is 1. The van der Waals surface area contributed by atoms with Gasteiger partial charge in [0.25, 0.3) is 0 Å². The quantitative estimate of drug-likeness (QED) is 0.199. The van der Waals surface area contributed by atoms with Crippen LogP contribution in [0.25, 0.3) is 0 Å². The lowest BCUT2D eigenvalue weighted by Crippen LogP contribution is -2.26. The summed E-state index contributed by atoms with van der Waals surface area (Å²) in [4.78, 5) is 12.2. The summed E-state index contributed by atoms with van der Waals surface area (Å²) in [5.74, 6) is -0.467. The molecule has 0 N–H and O–H groups in total. The van der Waals surface area contributed by atoms with Crippen LogP contribution in [0.3, 0.4) is 0 Å². The van der Waals surface area contributed by atoms with Gasteiger partial charge in [0.15, 0.2) is 5.66 Å². The van der Waals surface area contributed by atoms with Crippen molar-refractivity contribution in [1.82, 2.24) is 0 Å². The van der Waals surface area contributed by atoms with Gasteiger partial charge in [-0.3, -0.25) is 9.36 Å². The molecule has 0 aromatic rings. The van der Waals surface area contributed by atoms with Crippen LogP contribution < -0.4 is 0 Å². The summed E-state index contributed by atoms with van der Waals surface area (Å²) < 4.78 is 28.7. The van der Waals surface area contributed by atoms with E-state index in [0.29, 0.717) is 6.42 Å². The fourth-order valence-electron chi connectivity index (χ4n) is 2.69. The fraction of sp³-hybridized carbons (Fsp3) is 0.944. The molecule has 0 bridgehead atoms. The van der Waals surface area contributed by atoms with E-state index in [9.17, 15) is 9.36 Å². The van der Waals surface area contributed by atoms with Crippen molar-refractivity contribution in [2.75, 3.05) is 19.8 Å². The molecule has 144 valence electrons. The molecule has 5 nitrogen and oxygen atoms in total. The van der Waals surface area contributed by atoms with Gasteiger partial charge in [0.1, 0.15) is 0 Å². The minimum Gasteiger partial charge on any atom is -0.465 e. The van der Waals surface area contributed by atoms with E-state index in [1.54, 1.807) is 20.8 Å². The molecule has 0 aromatic heterocycles. The van der Waals surface area contributed by atoms with Crippen LogP contribution >= 0.6 is 7.60 Å². The Morgan fingerprint density at radius 2 is 1.29 bits per heavy atom. The lowest BCUT2D eigenvalue weighted by molar-refractivity contribution is -0.143. The van der Waals surface area contributed by atoms with E-state index < -0.39 is 19.2 Å². The Balaban J connectivity index is 4.46.